The third kappa shape index (κ3) is 3.29. The first-order valence-electron chi connectivity index (χ1n) is 5.72. The summed E-state index contributed by atoms with van der Waals surface area (Å²) in [6.45, 7) is 2.00. The van der Waals surface area contributed by atoms with Crippen molar-refractivity contribution in [1.82, 2.24) is 0 Å². The maximum atomic E-state index is 13.5. The van der Waals surface area contributed by atoms with Crippen molar-refractivity contribution in [2.45, 2.75) is 6.92 Å². The van der Waals surface area contributed by atoms with Gasteiger partial charge in [-0.15, -0.1) is 11.3 Å². The molecule has 0 spiro atoms. The van der Waals surface area contributed by atoms with E-state index >= 15 is 0 Å². The summed E-state index contributed by atoms with van der Waals surface area (Å²) < 4.78 is 18.3. The van der Waals surface area contributed by atoms with Crippen molar-refractivity contribution in [3.05, 3.63) is 57.5 Å². The van der Waals surface area contributed by atoms with Crippen molar-refractivity contribution in [3.63, 3.8) is 0 Å². The summed E-state index contributed by atoms with van der Waals surface area (Å²) in [5.74, 6) is -0.629. The normalized spacial score (nSPS) is 10.9. The summed E-state index contributed by atoms with van der Waals surface area (Å²) in [6, 6.07) is 8.12. The second-order valence-corrected chi connectivity index (χ2v) is 5.31. The molecule has 1 heterocycles. The number of ether oxygens (including phenoxy) is 1. The molecule has 1 aromatic carbocycles. The van der Waals surface area contributed by atoms with Crippen molar-refractivity contribution in [2.75, 3.05) is 7.11 Å². The molecule has 0 fully saturated rings. The number of carbonyl (C=O) groups is 1. The Kier molecular flexibility index (Phi) is 4.12. The highest BCUT2D eigenvalue weighted by Crippen LogP contribution is 2.19. The molecular weight excluding hydrogens is 263 g/mol. The predicted molar refractivity (Wildman–Crippen MR) is 75.4 cm³/mol. The molecule has 0 saturated heterocycles. The number of carbonyl (C=O) groups excluding carboxylic acids is 1. The Bertz CT molecular complexity index is 629. The molecule has 0 radical (unpaired) electrons. The zero-order chi connectivity index (χ0) is 13.8. The molecule has 2 nitrogen and oxygen atoms in total. The highest BCUT2D eigenvalue weighted by atomic mass is 32.1. The van der Waals surface area contributed by atoms with Crippen LogP contribution in [0.15, 0.2) is 36.4 Å². The number of rotatable bonds is 4. The Balaban J connectivity index is 2.16. The molecule has 0 unspecified atom stereocenters. The fourth-order valence-corrected chi connectivity index (χ4v) is 2.40. The Morgan fingerprint density at radius 2 is 2.11 bits per heavy atom. The van der Waals surface area contributed by atoms with Crippen LogP contribution in [0, 0.1) is 12.7 Å². The highest BCUT2D eigenvalue weighted by molar-refractivity contribution is 7.12. The van der Waals surface area contributed by atoms with E-state index in [0.29, 0.717) is 5.56 Å². The van der Waals surface area contributed by atoms with Crippen LogP contribution in [-0.2, 0) is 0 Å². The summed E-state index contributed by atoms with van der Waals surface area (Å²) in [5.41, 5.74) is 0.308. The van der Waals surface area contributed by atoms with Gasteiger partial charge in [0.05, 0.1) is 7.11 Å². The number of halogens is 1. The lowest BCUT2D eigenvalue weighted by atomic mass is 10.1. The topological polar surface area (TPSA) is 26.3 Å². The largest absolute Gasteiger partial charge is 0.494 e. The lowest BCUT2D eigenvalue weighted by Gasteiger charge is -2.02. The molecule has 0 saturated carbocycles. The monoisotopic (exact) mass is 276 g/mol. The van der Waals surface area contributed by atoms with Gasteiger partial charge in [0.25, 0.3) is 0 Å². The highest BCUT2D eigenvalue weighted by Gasteiger charge is 2.07. The number of hydrogen-bond donors (Lipinski definition) is 0. The van der Waals surface area contributed by atoms with Gasteiger partial charge in [0.15, 0.2) is 17.3 Å². The standard InChI is InChI=1S/C15H13FO2S/c1-10-3-5-12(19-10)6-7-14(17)11-4-8-15(18-2)13(16)9-11/h3-9H,1-2H3/b7-6+. The van der Waals surface area contributed by atoms with Gasteiger partial charge in [-0.3, -0.25) is 4.79 Å². The van der Waals surface area contributed by atoms with E-state index in [-0.39, 0.29) is 11.5 Å². The Hall–Kier alpha value is -1.94. The molecular formula is C15H13FO2S. The van der Waals surface area contributed by atoms with Gasteiger partial charge < -0.3 is 4.74 Å². The van der Waals surface area contributed by atoms with Crippen LogP contribution in [0.3, 0.4) is 0 Å². The maximum Gasteiger partial charge on any atom is 0.185 e. The second kappa shape index (κ2) is 5.80. The van der Waals surface area contributed by atoms with E-state index < -0.39 is 5.82 Å². The lowest BCUT2D eigenvalue weighted by molar-refractivity contribution is 0.104. The van der Waals surface area contributed by atoms with Gasteiger partial charge in [0.2, 0.25) is 0 Å². The van der Waals surface area contributed by atoms with Crippen LogP contribution in [0.1, 0.15) is 20.1 Å². The van der Waals surface area contributed by atoms with E-state index in [4.69, 9.17) is 4.74 Å². The van der Waals surface area contributed by atoms with Crippen molar-refractivity contribution in [2.24, 2.45) is 0 Å². The van der Waals surface area contributed by atoms with E-state index in [2.05, 4.69) is 0 Å². The third-order valence-corrected chi connectivity index (χ3v) is 3.56. The van der Waals surface area contributed by atoms with Crippen LogP contribution in [0.4, 0.5) is 4.39 Å². The number of allylic oxidation sites excluding steroid dienone is 1. The molecule has 4 heteroatoms. The van der Waals surface area contributed by atoms with Crippen LogP contribution in [0.25, 0.3) is 6.08 Å². The Labute approximate surface area is 115 Å². The fraction of sp³-hybridized carbons (Fsp3) is 0.133. The van der Waals surface area contributed by atoms with Crippen LogP contribution in [0.2, 0.25) is 0 Å². The first kappa shape index (κ1) is 13.5. The summed E-state index contributed by atoms with van der Waals surface area (Å²) >= 11 is 1.60. The van der Waals surface area contributed by atoms with Crippen molar-refractivity contribution in [1.29, 1.82) is 0 Å². The predicted octanol–water partition coefficient (Wildman–Crippen LogP) is 4.10. The first-order chi connectivity index (χ1) is 9.10. The Morgan fingerprint density at radius 1 is 1.32 bits per heavy atom. The summed E-state index contributed by atoms with van der Waals surface area (Å²) in [6.07, 6.45) is 3.19. The van der Waals surface area contributed by atoms with Gasteiger partial charge in [-0.2, -0.15) is 0 Å². The van der Waals surface area contributed by atoms with Crippen LogP contribution < -0.4 is 4.74 Å². The van der Waals surface area contributed by atoms with Gasteiger partial charge in [-0.25, -0.2) is 4.39 Å². The van der Waals surface area contributed by atoms with E-state index in [1.54, 1.807) is 23.5 Å². The molecule has 0 aliphatic heterocycles. The van der Waals surface area contributed by atoms with Crippen LogP contribution >= 0.6 is 11.3 Å². The van der Waals surface area contributed by atoms with Gasteiger partial charge in [0.1, 0.15) is 0 Å². The van der Waals surface area contributed by atoms with Crippen molar-refractivity contribution in [3.8, 4) is 5.75 Å². The SMILES string of the molecule is COc1ccc(C(=O)/C=C/c2ccc(C)s2)cc1F. The summed E-state index contributed by atoms with van der Waals surface area (Å²) in [7, 11) is 1.39. The van der Waals surface area contributed by atoms with Gasteiger partial charge in [-0.1, -0.05) is 0 Å². The van der Waals surface area contributed by atoms with E-state index in [1.807, 2.05) is 19.1 Å². The molecule has 0 atom stereocenters. The number of hydrogen-bond acceptors (Lipinski definition) is 3. The number of ketones is 1. The van der Waals surface area contributed by atoms with Gasteiger partial charge in [-0.05, 0) is 49.4 Å². The molecule has 0 aliphatic rings. The van der Waals surface area contributed by atoms with Gasteiger partial charge in [0, 0.05) is 15.3 Å². The van der Waals surface area contributed by atoms with Crippen LogP contribution in [0.5, 0.6) is 5.75 Å². The van der Waals surface area contributed by atoms with Crippen molar-refractivity contribution >= 4 is 23.2 Å². The molecule has 98 valence electrons. The minimum atomic E-state index is -0.534. The number of methoxy groups -OCH3 is 1. The minimum Gasteiger partial charge on any atom is -0.494 e. The number of benzene rings is 1. The van der Waals surface area contributed by atoms with E-state index in [9.17, 15) is 9.18 Å². The smallest absolute Gasteiger partial charge is 0.185 e. The average Bonchev–Trinajstić information content (AvgIpc) is 2.81. The molecule has 0 amide bonds. The quantitative estimate of drug-likeness (QED) is 0.620. The minimum absolute atomic E-state index is 0.134. The molecule has 19 heavy (non-hydrogen) atoms. The molecule has 0 bridgehead atoms. The number of thiophene rings is 1. The third-order valence-electron chi connectivity index (χ3n) is 2.60. The maximum absolute atomic E-state index is 13.5. The fourth-order valence-electron chi connectivity index (χ4n) is 1.62. The average molecular weight is 276 g/mol. The van der Waals surface area contributed by atoms with Gasteiger partial charge >= 0.3 is 0 Å². The zero-order valence-electron chi connectivity index (χ0n) is 10.6. The number of aryl methyl sites for hydroxylation is 1. The molecule has 1 aromatic heterocycles. The molecule has 0 N–H and O–H groups in total. The molecule has 2 rings (SSSR count). The Morgan fingerprint density at radius 3 is 2.68 bits per heavy atom. The van der Waals surface area contributed by atoms with E-state index in [0.717, 1.165) is 4.88 Å². The van der Waals surface area contributed by atoms with E-state index in [1.165, 1.54) is 30.2 Å². The zero-order valence-corrected chi connectivity index (χ0v) is 11.5. The lowest BCUT2D eigenvalue weighted by Crippen LogP contribution is -1.96. The van der Waals surface area contributed by atoms with Crippen molar-refractivity contribution < 1.29 is 13.9 Å². The first-order valence-corrected chi connectivity index (χ1v) is 6.54. The molecule has 2 aromatic rings. The summed E-state index contributed by atoms with van der Waals surface area (Å²) in [5, 5.41) is 0. The molecule has 0 aliphatic carbocycles. The second-order valence-electron chi connectivity index (χ2n) is 4.00. The summed E-state index contributed by atoms with van der Waals surface area (Å²) in [4.78, 5) is 14.1. The van der Waals surface area contributed by atoms with Crippen LogP contribution in [-0.4, -0.2) is 12.9 Å².